The number of nitriles is 1. The van der Waals surface area contributed by atoms with Crippen molar-refractivity contribution < 1.29 is 14.6 Å². The Labute approximate surface area is 168 Å². The van der Waals surface area contributed by atoms with E-state index in [1.165, 1.54) is 13.2 Å². The molecule has 4 N–H and O–H groups in total. The monoisotopic (exact) mass is 388 g/mol. The lowest BCUT2D eigenvalue weighted by molar-refractivity contribution is 0.371. The third kappa shape index (κ3) is 2.95. The molecular formula is C22H20N4O3. The Bertz CT molecular complexity index is 1190. The van der Waals surface area contributed by atoms with Gasteiger partial charge in [-0.2, -0.15) is 5.26 Å². The lowest BCUT2D eigenvalue weighted by Gasteiger charge is -2.24. The Balaban J connectivity index is 1.97. The van der Waals surface area contributed by atoms with Gasteiger partial charge in [0.05, 0.1) is 24.3 Å². The Hall–Kier alpha value is -3.92. The van der Waals surface area contributed by atoms with Gasteiger partial charge in [0.2, 0.25) is 11.8 Å². The van der Waals surface area contributed by atoms with Crippen LogP contribution in [0.25, 0.3) is 11.3 Å². The zero-order valence-corrected chi connectivity index (χ0v) is 16.3. The van der Waals surface area contributed by atoms with Crippen LogP contribution in [0.1, 0.15) is 28.2 Å². The number of aromatic nitrogens is 2. The van der Waals surface area contributed by atoms with E-state index in [1.54, 1.807) is 12.1 Å². The number of methoxy groups -OCH3 is 1. The van der Waals surface area contributed by atoms with Gasteiger partial charge in [0.1, 0.15) is 11.6 Å². The summed E-state index contributed by atoms with van der Waals surface area (Å²) in [7, 11) is 1.47. The van der Waals surface area contributed by atoms with Crippen LogP contribution in [-0.2, 0) is 0 Å². The predicted octanol–water partition coefficient (Wildman–Crippen LogP) is 3.63. The summed E-state index contributed by atoms with van der Waals surface area (Å²) in [5.41, 5.74) is 11.7. The molecule has 7 heteroatoms. The van der Waals surface area contributed by atoms with Gasteiger partial charge < -0.3 is 20.3 Å². The molecule has 4 rings (SSSR count). The number of aryl methyl sites for hydroxylation is 2. The number of fused-ring (bicyclic) bond motifs is 1. The highest BCUT2D eigenvalue weighted by atomic mass is 16.5. The first-order chi connectivity index (χ1) is 13.9. The Morgan fingerprint density at radius 1 is 1.24 bits per heavy atom. The van der Waals surface area contributed by atoms with Gasteiger partial charge in [-0.1, -0.05) is 29.8 Å². The number of nitrogens with zero attached hydrogens (tertiary/aromatic N) is 2. The average Bonchev–Trinajstić information content (AvgIpc) is 3.10. The van der Waals surface area contributed by atoms with Crippen LogP contribution < -0.4 is 15.2 Å². The highest BCUT2D eigenvalue weighted by Crippen LogP contribution is 2.47. The fourth-order valence-electron chi connectivity index (χ4n) is 3.75. The standard InChI is InChI=1S/C22H20N4O3/c1-11-4-6-14(12(2)8-11)20-19-18(13-5-7-16(27)17(9-13)28-3)15(10-23)21(24)29-22(19)26-25-20/h4-9,18,27H,24H2,1-3H3,(H,25,26)/t18-/m0/s1. The smallest absolute Gasteiger partial charge is 0.244 e. The maximum atomic E-state index is 9.99. The van der Waals surface area contributed by atoms with Crippen molar-refractivity contribution in [2.45, 2.75) is 19.8 Å². The second kappa shape index (κ2) is 6.91. The quantitative estimate of drug-likeness (QED) is 0.631. The summed E-state index contributed by atoms with van der Waals surface area (Å²) in [6.07, 6.45) is 0. The number of aromatic hydroxyl groups is 1. The van der Waals surface area contributed by atoms with Crippen LogP contribution in [0.5, 0.6) is 17.4 Å². The van der Waals surface area contributed by atoms with Crippen molar-refractivity contribution in [2.24, 2.45) is 5.73 Å². The molecule has 0 saturated heterocycles. The van der Waals surface area contributed by atoms with Crippen LogP contribution in [0.15, 0.2) is 47.9 Å². The van der Waals surface area contributed by atoms with E-state index >= 15 is 0 Å². The van der Waals surface area contributed by atoms with Gasteiger partial charge in [-0.25, -0.2) is 0 Å². The molecule has 146 valence electrons. The zero-order valence-electron chi connectivity index (χ0n) is 16.3. The largest absolute Gasteiger partial charge is 0.504 e. The van der Waals surface area contributed by atoms with Crippen LogP contribution in [0.4, 0.5) is 0 Å². The summed E-state index contributed by atoms with van der Waals surface area (Å²) in [5, 5.41) is 27.2. The van der Waals surface area contributed by atoms with E-state index in [0.29, 0.717) is 11.6 Å². The number of aromatic amines is 1. The van der Waals surface area contributed by atoms with Gasteiger partial charge in [0, 0.05) is 5.56 Å². The van der Waals surface area contributed by atoms with Gasteiger partial charge >= 0.3 is 0 Å². The predicted molar refractivity (Wildman–Crippen MR) is 107 cm³/mol. The van der Waals surface area contributed by atoms with E-state index in [0.717, 1.165) is 33.5 Å². The van der Waals surface area contributed by atoms with Crippen molar-refractivity contribution in [3.8, 4) is 34.7 Å². The molecule has 0 radical (unpaired) electrons. The molecule has 2 heterocycles. The SMILES string of the molecule is COc1cc([C@H]2C(C#N)=C(N)Oc3n[nH]c(-c4ccc(C)cc4C)c32)ccc1O. The molecule has 0 aliphatic carbocycles. The topological polar surface area (TPSA) is 117 Å². The maximum Gasteiger partial charge on any atom is 0.244 e. The van der Waals surface area contributed by atoms with E-state index in [1.807, 2.05) is 26.0 Å². The Kier molecular flexibility index (Phi) is 4.40. The number of benzene rings is 2. The summed E-state index contributed by atoms with van der Waals surface area (Å²) in [6, 6.07) is 13.3. The molecule has 0 unspecified atom stereocenters. The summed E-state index contributed by atoms with van der Waals surface area (Å²) in [6.45, 7) is 4.05. The molecule has 1 aromatic heterocycles. The van der Waals surface area contributed by atoms with E-state index in [4.69, 9.17) is 15.2 Å². The second-order valence-corrected chi connectivity index (χ2v) is 6.99. The van der Waals surface area contributed by atoms with E-state index in [-0.39, 0.29) is 17.2 Å². The number of ether oxygens (including phenoxy) is 2. The van der Waals surface area contributed by atoms with Crippen molar-refractivity contribution >= 4 is 0 Å². The van der Waals surface area contributed by atoms with Gasteiger partial charge in [-0.15, -0.1) is 5.10 Å². The number of H-pyrrole nitrogens is 1. The van der Waals surface area contributed by atoms with Gasteiger partial charge in [0.25, 0.3) is 0 Å². The Morgan fingerprint density at radius 3 is 2.72 bits per heavy atom. The van der Waals surface area contributed by atoms with E-state index in [2.05, 4.69) is 22.3 Å². The number of hydrogen-bond acceptors (Lipinski definition) is 6. The van der Waals surface area contributed by atoms with E-state index < -0.39 is 5.92 Å². The number of nitrogens with two attached hydrogens (primary N) is 1. The van der Waals surface area contributed by atoms with Crippen LogP contribution >= 0.6 is 0 Å². The molecule has 3 aromatic rings. The molecule has 0 fully saturated rings. The van der Waals surface area contributed by atoms with Crippen LogP contribution in [0.2, 0.25) is 0 Å². The van der Waals surface area contributed by atoms with Gasteiger partial charge in [0.15, 0.2) is 11.5 Å². The summed E-state index contributed by atoms with van der Waals surface area (Å²) < 4.78 is 10.9. The molecule has 7 nitrogen and oxygen atoms in total. The molecule has 1 aliphatic heterocycles. The minimum atomic E-state index is -0.521. The molecule has 1 atom stereocenters. The summed E-state index contributed by atoms with van der Waals surface area (Å²) in [5.74, 6) is 0.140. The molecule has 0 bridgehead atoms. The highest BCUT2D eigenvalue weighted by molar-refractivity contribution is 5.73. The van der Waals surface area contributed by atoms with Crippen LogP contribution in [-0.4, -0.2) is 22.4 Å². The molecule has 29 heavy (non-hydrogen) atoms. The highest BCUT2D eigenvalue weighted by Gasteiger charge is 2.36. The number of hydrogen-bond donors (Lipinski definition) is 3. The van der Waals surface area contributed by atoms with Gasteiger partial charge in [-0.05, 0) is 37.1 Å². The first-order valence-electron chi connectivity index (χ1n) is 9.05. The van der Waals surface area contributed by atoms with Crippen molar-refractivity contribution in [3.63, 3.8) is 0 Å². The van der Waals surface area contributed by atoms with Crippen molar-refractivity contribution in [1.82, 2.24) is 10.2 Å². The van der Waals surface area contributed by atoms with E-state index in [9.17, 15) is 10.4 Å². The number of phenolic OH excluding ortho intramolecular Hbond substituents is 1. The lowest BCUT2D eigenvalue weighted by atomic mass is 9.82. The molecule has 1 aliphatic rings. The number of nitrogens with one attached hydrogen (secondary N) is 1. The van der Waals surface area contributed by atoms with Crippen LogP contribution in [0.3, 0.4) is 0 Å². The number of allylic oxidation sites excluding steroid dienone is 1. The normalized spacial score (nSPS) is 15.4. The Morgan fingerprint density at radius 2 is 2.03 bits per heavy atom. The lowest BCUT2D eigenvalue weighted by Crippen LogP contribution is -2.21. The number of rotatable bonds is 3. The van der Waals surface area contributed by atoms with Gasteiger partial charge in [-0.3, -0.25) is 5.10 Å². The minimum absolute atomic E-state index is 0.00993. The summed E-state index contributed by atoms with van der Waals surface area (Å²) >= 11 is 0. The molecule has 0 spiro atoms. The first-order valence-corrected chi connectivity index (χ1v) is 9.05. The molecule has 0 saturated carbocycles. The zero-order chi connectivity index (χ0) is 20.7. The average molecular weight is 388 g/mol. The van der Waals surface area contributed by atoms with Crippen molar-refractivity contribution in [2.75, 3.05) is 7.11 Å². The van der Waals surface area contributed by atoms with Crippen molar-refractivity contribution in [3.05, 3.63) is 70.1 Å². The molecule has 0 amide bonds. The maximum absolute atomic E-state index is 9.99. The third-order valence-electron chi connectivity index (χ3n) is 5.13. The van der Waals surface area contributed by atoms with Crippen LogP contribution in [0, 0.1) is 25.2 Å². The second-order valence-electron chi connectivity index (χ2n) is 6.99. The fourth-order valence-corrected chi connectivity index (χ4v) is 3.75. The van der Waals surface area contributed by atoms with Crippen molar-refractivity contribution in [1.29, 1.82) is 5.26 Å². The molecular weight excluding hydrogens is 368 g/mol. The third-order valence-corrected chi connectivity index (χ3v) is 5.13. The molecule has 2 aromatic carbocycles. The first kappa shape index (κ1) is 18.4. The fraction of sp³-hybridized carbons (Fsp3) is 0.182. The minimum Gasteiger partial charge on any atom is -0.504 e. The number of phenols is 1. The summed E-state index contributed by atoms with van der Waals surface area (Å²) in [4.78, 5) is 0.